The van der Waals surface area contributed by atoms with Gasteiger partial charge >= 0.3 is 5.97 Å². The number of alkyl halides is 1. The van der Waals surface area contributed by atoms with Crippen molar-refractivity contribution in [3.63, 3.8) is 0 Å². The molecule has 0 aliphatic rings. The van der Waals surface area contributed by atoms with E-state index in [9.17, 15) is 9.36 Å². The van der Waals surface area contributed by atoms with Crippen LogP contribution in [-0.2, 0) is 14.1 Å². The van der Waals surface area contributed by atoms with E-state index < -0.39 is 23.3 Å². The van der Waals surface area contributed by atoms with Gasteiger partial charge in [-0.25, -0.2) is 0 Å². The molecule has 0 radical (unpaired) electrons. The highest BCUT2D eigenvalue weighted by atomic mass is 79.9. The molecular formula is C12H24BrO3P. The highest BCUT2D eigenvalue weighted by molar-refractivity contribution is 9.11. The Bertz CT molecular complexity index is 306. The van der Waals surface area contributed by atoms with E-state index in [2.05, 4.69) is 15.9 Å². The average Bonchev–Trinajstić information content (AvgIpc) is 2.11. The van der Waals surface area contributed by atoms with Gasteiger partial charge in [0.15, 0.2) is 4.57 Å². The minimum Gasteiger partial charge on any atom is -0.459 e. The van der Waals surface area contributed by atoms with Crippen LogP contribution in [0.25, 0.3) is 0 Å². The number of hydrogen-bond donors (Lipinski definition) is 0. The van der Waals surface area contributed by atoms with E-state index in [1.807, 2.05) is 27.7 Å². The Labute approximate surface area is 113 Å². The van der Waals surface area contributed by atoms with E-state index in [4.69, 9.17) is 4.74 Å². The topological polar surface area (TPSA) is 43.4 Å². The van der Waals surface area contributed by atoms with Gasteiger partial charge in [-0.15, -0.1) is 0 Å². The molecule has 0 spiro atoms. The zero-order valence-corrected chi connectivity index (χ0v) is 14.3. The van der Waals surface area contributed by atoms with Crippen molar-refractivity contribution in [3.8, 4) is 0 Å². The molecule has 0 rings (SSSR count). The second-order valence-corrected chi connectivity index (χ2v) is 11.6. The van der Waals surface area contributed by atoms with Crippen LogP contribution in [0.1, 0.15) is 48.5 Å². The molecule has 0 aromatic heterocycles. The van der Waals surface area contributed by atoms with E-state index in [1.54, 1.807) is 20.8 Å². The summed E-state index contributed by atoms with van der Waals surface area (Å²) >= 11 is 3.28. The van der Waals surface area contributed by atoms with Gasteiger partial charge in [-0.05, 0) is 20.8 Å². The van der Waals surface area contributed by atoms with Crippen LogP contribution in [-0.4, -0.2) is 27.5 Å². The van der Waals surface area contributed by atoms with Crippen molar-refractivity contribution in [2.75, 3.05) is 0 Å². The van der Waals surface area contributed by atoms with Gasteiger partial charge in [-0.1, -0.05) is 43.6 Å². The van der Waals surface area contributed by atoms with Gasteiger partial charge in [-0.3, -0.25) is 4.79 Å². The monoisotopic (exact) mass is 326 g/mol. The summed E-state index contributed by atoms with van der Waals surface area (Å²) in [5.74, 6) is -0.428. The third-order valence-corrected chi connectivity index (χ3v) is 9.01. The van der Waals surface area contributed by atoms with Crippen LogP contribution in [0.3, 0.4) is 0 Å². The lowest BCUT2D eigenvalue weighted by atomic mass is 10.2. The summed E-state index contributed by atoms with van der Waals surface area (Å²) in [5.41, 5.74) is -0.638. The molecule has 0 saturated carbocycles. The minimum absolute atomic E-state index is 0.0422. The van der Waals surface area contributed by atoms with Crippen molar-refractivity contribution >= 4 is 29.0 Å². The number of carbonyl (C=O) groups is 1. The van der Waals surface area contributed by atoms with Crippen molar-refractivity contribution in [3.05, 3.63) is 0 Å². The Morgan fingerprint density at radius 1 is 1.12 bits per heavy atom. The first kappa shape index (κ1) is 17.2. The summed E-state index contributed by atoms with van der Waals surface area (Å²) in [6.45, 7) is 13.0. The maximum Gasteiger partial charge on any atom is 0.327 e. The predicted octanol–water partition coefficient (Wildman–Crippen LogP) is 4.23. The van der Waals surface area contributed by atoms with Crippen LogP contribution >= 0.6 is 23.1 Å². The van der Waals surface area contributed by atoms with Gasteiger partial charge in [-0.2, -0.15) is 0 Å². The van der Waals surface area contributed by atoms with Crippen molar-refractivity contribution < 1.29 is 14.1 Å². The summed E-state index contributed by atoms with van der Waals surface area (Å²) in [5, 5.41) is 0. The average molecular weight is 327 g/mol. The lowest BCUT2D eigenvalue weighted by Gasteiger charge is -2.31. The molecule has 0 aliphatic heterocycles. The third-order valence-electron chi connectivity index (χ3n) is 2.57. The molecule has 102 valence electrons. The zero-order valence-electron chi connectivity index (χ0n) is 11.8. The summed E-state index contributed by atoms with van der Waals surface area (Å²) in [4.78, 5) is 12.0. The molecule has 0 N–H and O–H groups in total. The largest absolute Gasteiger partial charge is 0.459 e. The van der Waals surface area contributed by atoms with Crippen LogP contribution < -0.4 is 0 Å². The van der Waals surface area contributed by atoms with Crippen molar-refractivity contribution in [1.82, 2.24) is 0 Å². The molecule has 0 saturated heterocycles. The first-order valence-electron chi connectivity index (χ1n) is 5.89. The van der Waals surface area contributed by atoms with Crippen LogP contribution in [0.4, 0.5) is 0 Å². The molecule has 1 unspecified atom stereocenters. The first-order chi connectivity index (χ1) is 7.43. The lowest BCUT2D eigenvalue weighted by molar-refractivity contribution is -0.152. The van der Waals surface area contributed by atoms with E-state index >= 15 is 0 Å². The molecular weight excluding hydrogens is 303 g/mol. The molecule has 0 aliphatic carbocycles. The summed E-state index contributed by atoms with van der Waals surface area (Å²) in [6.07, 6.45) is 0. The zero-order chi connectivity index (χ0) is 14.0. The molecule has 3 nitrogen and oxygen atoms in total. The number of rotatable bonds is 4. The predicted molar refractivity (Wildman–Crippen MR) is 76.4 cm³/mol. The van der Waals surface area contributed by atoms with Crippen molar-refractivity contribution in [1.29, 1.82) is 0 Å². The molecule has 0 aromatic carbocycles. The molecule has 17 heavy (non-hydrogen) atoms. The number of halogens is 1. The second-order valence-electron chi connectivity index (χ2n) is 5.82. The van der Waals surface area contributed by atoms with Crippen LogP contribution in [0.2, 0.25) is 0 Å². The van der Waals surface area contributed by atoms with Gasteiger partial charge < -0.3 is 9.30 Å². The molecule has 1 atom stereocenters. The van der Waals surface area contributed by atoms with Gasteiger partial charge in [0.2, 0.25) is 0 Å². The number of esters is 1. The van der Waals surface area contributed by atoms with E-state index in [0.29, 0.717) is 0 Å². The number of hydrogen-bond acceptors (Lipinski definition) is 3. The number of ether oxygens (including phenoxy) is 1. The van der Waals surface area contributed by atoms with E-state index in [1.165, 1.54) is 0 Å². The Morgan fingerprint density at radius 2 is 1.47 bits per heavy atom. The molecule has 0 amide bonds. The second kappa shape index (κ2) is 5.88. The summed E-state index contributed by atoms with van der Waals surface area (Å²) in [7, 11) is -2.65. The normalized spacial score (nSPS) is 15.2. The van der Waals surface area contributed by atoms with Crippen LogP contribution in [0, 0.1) is 0 Å². The van der Waals surface area contributed by atoms with Crippen LogP contribution in [0.15, 0.2) is 0 Å². The molecule has 5 heteroatoms. The standard InChI is InChI=1S/C12H24BrO3P/c1-8(2)17(15,9(3)4)10(13)11(14)16-12(5,6)7/h8-10H,1-7H3. The fourth-order valence-corrected chi connectivity index (χ4v) is 7.19. The molecule has 0 bridgehead atoms. The summed E-state index contributed by atoms with van der Waals surface area (Å²) < 4.78 is 17.5. The van der Waals surface area contributed by atoms with Gasteiger partial charge in [0.1, 0.15) is 12.7 Å². The van der Waals surface area contributed by atoms with Crippen LogP contribution in [0.5, 0.6) is 0 Å². The van der Waals surface area contributed by atoms with E-state index in [-0.39, 0.29) is 11.3 Å². The molecule has 0 heterocycles. The van der Waals surface area contributed by atoms with Crippen molar-refractivity contribution in [2.45, 2.75) is 70.0 Å². The first-order valence-corrected chi connectivity index (χ1v) is 8.72. The highest BCUT2D eigenvalue weighted by Crippen LogP contribution is 2.61. The smallest absolute Gasteiger partial charge is 0.327 e. The fraction of sp³-hybridized carbons (Fsp3) is 0.917. The fourth-order valence-electron chi connectivity index (χ4n) is 1.63. The maximum absolute atomic E-state index is 12.9. The Hall–Kier alpha value is 0.180. The van der Waals surface area contributed by atoms with Crippen molar-refractivity contribution in [2.24, 2.45) is 0 Å². The molecule has 0 fully saturated rings. The quantitative estimate of drug-likeness (QED) is 0.441. The third kappa shape index (κ3) is 4.40. The Kier molecular flexibility index (Phi) is 5.94. The Balaban J connectivity index is 5.07. The van der Waals surface area contributed by atoms with Gasteiger partial charge in [0.05, 0.1) is 0 Å². The van der Waals surface area contributed by atoms with Gasteiger partial charge in [0, 0.05) is 11.3 Å². The molecule has 0 aromatic rings. The lowest BCUT2D eigenvalue weighted by Crippen LogP contribution is -2.32. The van der Waals surface area contributed by atoms with Gasteiger partial charge in [0.25, 0.3) is 0 Å². The SMILES string of the molecule is CC(C)P(=O)(C(C)C)C(Br)C(=O)OC(C)(C)C. The number of carbonyl (C=O) groups excluding carboxylic acids is 1. The Morgan fingerprint density at radius 3 is 1.71 bits per heavy atom. The minimum atomic E-state index is -2.65. The maximum atomic E-state index is 12.9. The van der Waals surface area contributed by atoms with E-state index in [0.717, 1.165) is 0 Å². The highest BCUT2D eigenvalue weighted by Gasteiger charge is 2.43. The summed E-state index contributed by atoms with van der Waals surface area (Å²) in [6, 6.07) is 0.